The highest BCUT2D eigenvalue weighted by atomic mass is 35.5. The van der Waals surface area contributed by atoms with E-state index in [4.69, 9.17) is 17.4 Å². The third kappa shape index (κ3) is 3.04. The third-order valence-corrected chi connectivity index (χ3v) is 5.55. The van der Waals surface area contributed by atoms with Gasteiger partial charge in [-0.1, -0.05) is 53.7 Å². The predicted molar refractivity (Wildman–Crippen MR) is 104 cm³/mol. The van der Waals surface area contributed by atoms with Gasteiger partial charge < -0.3 is 10.7 Å². The van der Waals surface area contributed by atoms with Crippen LogP contribution < -0.4 is 10.7 Å². The van der Waals surface area contributed by atoms with E-state index in [2.05, 4.69) is 16.3 Å². The fourth-order valence-electron chi connectivity index (χ4n) is 3.00. The number of nitrogen functional groups attached to an aromatic ring is 1. The molecule has 0 atom stereocenters. The van der Waals surface area contributed by atoms with Gasteiger partial charge in [0.1, 0.15) is 0 Å². The largest absolute Gasteiger partial charge is 0.335 e. The Kier molecular flexibility index (Phi) is 4.57. The average molecular weight is 386 g/mol. The van der Waals surface area contributed by atoms with Crippen molar-refractivity contribution in [1.29, 1.82) is 0 Å². The predicted octanol–water partition coefficient (Wildman–Crippen LogP) is 2.99. The molecule has 0 saturated heterocycles. The minimum absolute atomic E-state index is 0.0299. The number of aromatic nitrogens is 3. The van der Waals surface area contributed by atoms with Crippen molar-refractivity contribution in [3.8, 4) is 11.4 Å². The monoisotopic (exact) mass is 385 g/mol. The van der Waals surface area contributed by atoms with Gasteiger partial charge in [0.25, 0.3) is 0 Å². The van der Waals surface area contributed by atoms with Crippen LogP contribution in [0.5, 0.6) is 0 Å². The molecule has 26 heavy (non-hydrogen) atoms. The first kappa shape index (κ1) is 16.9. The first-order valence-electron chi connectivity index (χ1n) is 8.11. The highest BCUT2D eigenvalue weighted by Gasteiger charge is 2.25. The van der Waals surface area contributed by atoms with Gasteiger partial charge in [-0.3, -0.25) is 4.79 Å². The second-order valence-corrected chi connectivity index (χ2v) is 7.22. The Hall–Kier alpha value is -2.51. The zero-order valence-corrected chi connectivity index (χ0v) is 15.4. The molecule has 1 aromatic heterocycles. The number of nitrogens with two attached hydrogens (primary N) is 1. The quantitative estimate of drug-likeness (QED) is 0.551. The Labute approximate surface area is 159 Å². The summed E-state index contributed by atoms with van der Waals surface area (Å²) in [6.07, 6.45) is 0.885. The van der Waals surface area contributed by atoms with E-state index in [9.17, 15) is 4.79 Å². The smallest absolute Gasteiger partial charge is 0.237 e. The first-order valence-corrected chi connectivity index (χ1v) is 9.48. The molecule has 2 heterocycles. The molecular weight excluding hydrogens is 370 g/mol. The van der Waals surface area contributed by atoms with E-state index in [1.54, 1.807) is 6.07 Å². The molecule has 0 radical (unpaired) electrons. The van der Waals surface area contributed by atoms with Gasteiger partial charge >= 0.3 is 0 Å². The topological polar surface area (TPSA) is 77.0 Å². The van der Waals surface area contributed by atoms with Crippen LogP contribution in [-0.4, -0.2) is 33.1 Å². The molecule has 0 saturated carbocycles. The fraction of sp³-hybridized carbons (Fsp3) is 0.167. The molecule has 0 aliphatic carbocycles. The fourth-order valence-corrected chi connectivity index (χ4v) is 3.96. The Balaban J connectivity index is 1.48. The lowest BCUT2D eigenvalue weighted by Gasteiger charge is -2.16. The molecule has 1 amide bonds. The summed E-state index contributed by atoms with van der Waals surface area (Å²) in [6, 6.07) is 15.3. The van der Waals surface area contributed by atoms with Crippen LogP contribution in [0.4, 0.5) is 5.69 Å². The van der Waals surface area contributed by atoms with Crippen LogP contribution in [0, 0.1) is 0 Å². The lowest BCUT2D eigenvalue weighted by molar-refractivity contribution is -0.116. The van der Waals surface area contributed by atoms with Crippen molar-refractivity contribution in [2.45, 2.75) is 11.6 Å². The molecule has 2 N–H and O–H groups in total. The van der Waals surface area contributed by atoms with E-state index in [1.165, 1.54) is 22.0 Å². The number of hydrogen-bond acceptors (Lipinski definition) is 5. The molecule has 132 valence electrons. The minimum Gasteiger partial charge on any atom is -0.335 e. The van der Waals surface area contributed by atoms with E-state index in [0.29, 0.717) is 28.1 Å². The van der Waals surface area contributed by atoms with Crippen LogP contribution in [0.25, 0.3) is 11.4 Å². The van der Waals surface area contributed by atoms with Gasteiger partial charge in [-0.25, -0.2) is 4.68 Å². The number of thioether (sulfide) groups is 1. The maximum absolute atomic E-state index is 12.6. The van der Waals surface area contributed by atoms with Crippen LogP contribution in [0.3, 0.4) is 0 Å². The van der Waals surface area contributed by atoms with Crippen molar-refractivity contribution in [3.05, 3.63) is 59.1 Å². The summed E-state index contributed by atoms with van der Waals surface area (Å²) in [5.74, 6) is 6.85. The molecule has 0 unspecified atom stereocenters. The van der Waals surface area contributed by atoms with Gasteiger partial charge in [-0.05, 0) is 30.2 Å². The van der Waals surface area contributed by atoms with Crippen LogP contribution in [0.2, 0.25) is 5.02 Å². The molecule has 2 aromatic carbocycles. The number of rotatable bonds is 4. The summed E-state index contributed by atoms with van der Waals surface area (Å²) < 4.78 is 1.37. The lowest BCUT2D eigenvalue weighted by atomic mass is 10.2. The molecular formula is C18H16ClN5OS. The van der Waals surface area contributed by atoms with Crippen LogP contribution in [0.15, 0.2) is 53.7 Å². The van der Waals surface area contributed by atoms with E-state index >= 15 is 0 Å². The van der Waals surface area contributed by atoms with Crippen molar-refractivity contribution in [2.75, 3.05) is 23.0 Å². The highest BCUT2D eigenvalue weighted by molar-refractivity contribution is 7.99. The number of carbonyl (C=O) groups is 1. The van der Waals surface area contributed by atoms with E-state index in [1.807, 2.05) is 41.3 Å². The van der Waals surface area contributed by atoms with Gasteiger partial charge in [0.2, 0.25) is 11.1 Å². The van der Waals surface area contributed by atoms with E-state index in [0.717, 1.165) is 12.1 Å². The maximum Gasteiger partial charge on any atom is 0.237 e. The number of halogens is 1. The average Bonchev–Trinajstić information content (AvgIpc) is 3.24. The number of anilines is 1. The summed E-state index contributed by atoms with van der Waals surface area (Å²) in [5, 5.41) is 9.24. The van der Waals surface area contributed by atoms with Crippen LogP contribution in [0.1, 0.15) is 5.56 Å². The number of benzene rings is 2. The number of fused-ring (bicyclic) bond motifs is 1. The second kappa shape index (κ2) is 7.01. The number of amides is 1. The SMILES string of the molecule is Nn1c(SCC(=O)N2CCc3ccccc32)nnc1-c1ccccc1Cl. The number of para-hydroxylation sites is 1. The van der Waals surface area contributed by atoms with Gasteiger partial charge in [-0.15, -0.1) is 10.2 Å². The molecule has 4 rings (SSSR count). The minimum atomic E-state index is 0.0299. The molecule has 8 heteroatoms. The standard InChI is InChI=1S/C18H16ClN5OS/c19-14-7-3-2-6-13(14)17-21-22-18(24(17)20)26-11-16(25)23-10-9-12-5-1-4-8-15(12)23/h1-8H,9-11,20H2. The Morgan fingerprint density at radius 1 is 1.15 bits per heavy atom. The van der Waals surface area contributed by atoms with Gasteiger partial charge in [0.15, 0.2) is 5.82 Å². The highest BCUT2D eigenvalue weighted by Crippen LogP contribution is 2.30. The molecule has 0 fully saturated rings. The summed E-state index contributed by atoms with van der Waals surface area (Å²) in [4.78, 5) is 14.4. The number of hydrogen-bond donors (Lipinski definition) is 1. The van der Waals surface area contributed by atoms with Crippen LogP contribution in [-0.2, 0) is 11.2 Å². The molecule has 1 aliphatic rings. The van der Waals surface area contributed by atoms with Crippen molar-refractivity contribution >= 4 is 35.0 Å². The maximum atomic E-state index is 12.6. The van der Waals surface area contributed by atoms with Crippen molar-refractivity contribution in [3.63, 3.8) is 0 Å². The molecule has 3 aromatic rings. The molecule has 0 bridgehead atoms. The zero-order valence-electron chi connectivity index (χ0n) is 13.8. The van der Waals surface area contributed by atoms with E-state index in [-0.39, 0.29) is 11.7 Å². The number of nitrogens with zero attached hydrogens (tertiary/aromatic N) is 4. The van der Waals surface area contributed by atoms with Crippen LogP contribution >= 0.6 is 23.4 Å². The Morgan fingerprint density at radius 2 is 1.92 bits per heavy atom. The zero-order chi connectivity index (χ0) is 18.1. The lowest BCUT2D eigenvalue weighted by Crippen LogP contribution is -2.30. The number of carbonyl (C=O) groups excluding carboxylic acids is 1. The first-order chi connectivity index (χ1) is 12.6. The summed E-state index contributed by atoms with van der Waals surface area (Å²) >= 11 is 7.47. The van der Waals surface area contributed by atoms with Crippen molar-refractivity contribution < 1.29 is 4.79 Å². The van der Waals surface area contributed by atoms with E-state index < -0.39 is 0 Å². The Bertz CT molecular complexity index is 974. The Morgan fingerprint density at radius 3 is 2.77 bits per heavy atom. The van der Waals surface area contributed by atoms with Gasteiger partial charge in [0, 0.05) is 17.8 Å². The molecule has 6 nitrogen and oxygen atoms in total. The summed E-state index contributed by atoms with van der Waals surface area (Å²) in [5.41, 5.74) is 2.90. The van der Waals surface area contributed by atoms with Gasteiger partial charge in [-0.2, -0.15) is 0 Å². The molecule has 0 spiro atoms. The summed E-state index contributed by atoms with van der Waals surface area (Å²) in [6.45, 7) is 0.707. The third-order valence-electron chi connectivity index (χ3n) is 4.29. The second-order valence-electron chi connectivity index (χ2n) is 5.87. The molecule has 1 aliphatic heterocycles. The summed E-state index contributed by atoms with van der Waals surface area (Å²) in [7, 11) is 0. The van der Waals surface area contributed by atoms with Crippen molar-refractivity contribution in [2.24, 2.45) is 0 Å². The normalized spacial score (nSPS) is 13.0. The van der Waals surface area contributed by atoms with Gasteiger partial charge in [0.05, 0.1) is 10.8 Å². The van der Waals surface area contributed by atoms with Crippen molar-refractivity contribution in [1.82, 2.24) is 14.9 Å².